The Morgan fingerprint density at radius 1 is 0.943 bits per heavy atom. The van der Waals surface area contributed by atoms with Gasteiger partial charge in [0.25, 0.3) is 10.0 Å². The van der Waals surface area contributed by atoms with E-state index in [0.29, 0.717) is 28.1 Å². The Balaban J connectivity index is 1.68. The topological polar surface area (TPSA) is 66.5 Å². The highest BCUT2D eigenvalue weighted by molar-refractivity contribution is 7.98. The summed E-state index contributed by atoms with van der Waals surface area (Å²) in [6.45, 7) is 1.76. The third-order valence-electron chi connectivity index (χ3n) is 4.92. The van der Waals surface area contributed by atoms with Crippen LogP contribution < -0.4 is 9.62 Å². The summed E-state index contributed by atoms with van der Waals surface area (Å²) in [5.41, 5.74) is 2.05. The molecule has 0 bridgehead atoms. The number of nitrogens with zero attached hydrogens (tertiary/aromatic N) is 1. The maximum Gasteiger partial charge on any atom is 0.264 e. The zero-order valence-electron chi connectivity index (χ0n) is 18.6. The van der Waals surface area contributed by atoms with Gasteiger partial charge in [0.2, 0.25) is 5.91 Å². The molecule has 0 spiro atoms. The molecule has 3 rings (SSSR count). The Kier molecular flexibility index (Phi) is 10.0. The van der Waals surface area contributed by atoms with Crippen molar-refractivity contribution in [3.05, 3.63) is 91.9 Å². The average Bonchev–Trinajstić information content (AvgIpc) is 2.82. The lowest BCUT2D eigenvalue weighted by Gasteiger charge is -2.25. The smallest absolute Gasteiger partial charge is 0.264 e. The van der Waals surface area contributed by atoms with Gasteiger partial charge in [0, 0.05) is 18.1 Å². The van der Waals surface area contributed by atoms with Crippen LogP contribution in [0.5, 0.6) is 0 Å². The molecule has 0 aliphatic rings. The molecule has 11 heteroatoms. The van der Waals surface area contributed by atoms with Crippen LogP contribution >= 0.6 is 58.2 Å². The van der Waals surface area contributed by atoms with Gasteiger partial charge >= 0.3 is 0 Å². The molecule has 1 N–H and O–H groups in total. The lowest BCUT2D eigenvalue weighted by Crippen LogP contribution is -2.41. The van der Waals surface area contributed by atoms with Gasteiger partial charge in [-0.1, -0.05) is 76.2 Å². The van der Waals surface area contributed by atoms with Crippen LogP contribution in [0.1, 0.15) is 11.1 Å². The monoisotopic (exact) mass is 590 g/mol. The molecule has 0 atom stereocenters. The highest BCUT2D eigenvalue weighted by atomic mass is 35.5. The first kappa shape index (κ1) is 28.0. The number of hydrogen-bond donors (Lipinski definition) is 1. The Bertz CT molecular complexity index is 1300. The number of benzene rings is 3. The van der Waals surface area contributed by atoms with Gasteiger partial charge in [0.15, 0.2) is 0 Å². The largest absolute Gasteiger partial charge is 0.354 e. The number of halogens is 4. The summed E-state index contributed by atoms with van der Waals surface area (Å²) in [5, 5.41) is 4.00. The third kappa shape index (κ3) is 7.44. The van der Waals surface area contributed by atoms with Crippen molar-refractivity contribution in [1.82, 2.24) is 5.32 Å². The van der Waals surface area contributed by atoms with Crippen molar-refractivity contribution in [2.24, 2.45) is 0 Å². The van der Waals surface area contributed by atoms with E-state index in [1.165, 1.54) is 18.2 Å². The Morgan fingerprint density at radius 3 is 2.34 bits per heavy atom. The normalized spacial score (nSPS) is 11.3. The minimum Gasteiger partial charge on any atom is -0.354 e. The van der Waals surface area contributed by atoms with Crippen molar-refractivity contribution >= 4 is 79.8 Å². The van der Waals surface area contributed by atoms with E-state index in [1.54, 1.807) is 48.2 Å². The molecule has 0 fully saturated rings. The van der Waals surface area contributed by atoms with E-state index in [2.05, 4.69) is 5.32 Å². The number of rotatable bonds is 10. The van der Waals surface area contributed by atoms with Crippen LogP contribution in [0.25, 0.3) is 0 Å². The standard InChI is InChI=1S/C24H22Cl4N2O3S2/c1-16-5-8-18(9-6-16)35(32,33)30(22-4-2-3-20(26)24(22)28)14-23(31)29-11-12-34-15-17-7-10-19(25)21(27)13-17/h2-10,13H,11-12,14-15H2,1H3,(H,29,31). The lowest BCUT2D eigenvalue weighted by atomic mass is 10.2. The summed E-state index contributed by atoms with van der Waals surface area (Å²) in [6, 6.07) is 16.5. The second-order valence-corrected chi connectivity index (χ2v) is 12.1. The van der Waals surface area contributed by atoms with E-state index >= 15 is 0 Å². The highest BCUT2D eigenvalue weighted by Gasteiger charge is 2.29. The van der Waals surface area contributed by atoms with E-state index in [9.17, 15) is 13.2 Å². The molecule has 0 unspecified atom stereocenters. The van der Waals surface area contributed by atoms with E-state index in [0.717, 1.165) is 15.4 Å². The second-order valence-electron chi connectivity index (χ2n) is 7.55. The zero-order chi connectivity index (χ0) is 25.6. The molecular weight excluding hydrogens is 570 g/mol. The average molecular weight is 592 g/mol. The summed E-state index contributed by atoms with van der Waals surface area (Å²) < 4.78 is 27.9. The van der Waals surface area contributed by atoms with Crippen LogP contribution in [-0.2, 0) is 20.6 Å². The first-order valence-corrected chi connectivity index (χ1v) is 14.5. The van der Waals surface area contributed by atoms with E-state index in [-0.39, 0.29) is 20.6 Å². The second kappa shape index (κ2) is 12.6. The fourth-order valence-corrected chi connectivity index (χ4v) is 6.10. The summed E-state index contributed by atoms with van der Waals surface area (Å²) in [5.74, 6) is 0.847. The minimum atomic E-state index is -4.08. The Labute approximate surface area is 229 Å². The van der Waals surface area contributed by atoms with Crippen molar-refractivity contribution in [3.8, 4) is 0 Å². The van der Waals surface area contributed by atoms with E-state index in [4.69, 9.17) is 46.4 Å². The Morgan fingerprint density at radius 2 is 1.66 bits per heavy atom. The number of nitrogens with one attached hydrogen (secondary N) is 1. The molecule has 5 nitrogen and oxygen atoms in total. The zero-order valence-corrected chi connectivity index (χ0v) is 23.3. The summed E-state index contributed by atoms with van der Waals surface area (Å²) in [4.78, 5) is 12.8. The number of carbonyl (C=O) groups is 1. The van der Waals surface area contributed by atoms with Crippen LogP contribution in [-0.4, -0.2) is 33.2 Å². The molecule has 0 saturated carbocycles. The van der Waals surface area contributed by atoms with Crippen molar-refractivity contribution in [1.29, 1.82) is 0 Å². The molecule has 1 amide bonds. The van der Waals surface area contributed by atoms with Gasteiger partial charge in [0.1, 0.15) is 6.54 Å². The summed E-state index contributed by atoms with van der Waals surface area (Å²) in [7, 11) is -4.08. The number of amides is 1. The number of thioether (sulfide) groups is 1. The maximum atomic E-state index is 13.4. The van der Waals surface area contributed by atoms with Gasteiger partial charge in [0.05, 0.1) is 30.7 Å². The molecule has 0 heterocycles. The predicted octanol–water partition coefficient (Wildman–Crippen LogP) is 6.85. The SMILES string of the molecule is Cc1ccc(S(=O)(=O)N(CC(=O)NCCSCc2ccc(Cl)c(Cl)c2)c2cccc(Cl)c2Cl)cc1. The van der Waals surface area contributed by atoms with Crippen molar-refractivity contribution < 1.29 is 13.2 Å². The molecule has 0 aliphatic heterocycles. The van der Waals surface area contributed by atoms with Crippen molar-refractivity contribution in [2.75, 3.05) is 23.1 Å². The molecule has 0 saturated heterocycles. The van der Waals surface area contributed by atoms with Crippen LogP contribution in [0.2, 0.25) is 20.1 Å². The summed E-state index contributed by atoms with van der Waals surface area (Å²) >= 11 is 26.0. The van der Waals surface area contributed by atoms with E-state index in [1.807, 2.05) is 13.0 Å². The molecule has 186 valence electrons. The maximum absolute atomic E-state index is 13.4. The molecule has 35 heavy (non-hydrogen) atoms. The van der Waals surface area contributed by atoms with Gasteiger partial charge in [-0.15, -0.1) is 0 Å². The highest BCUT2D eigenvalue weighted by Crippen LogP contribution is 2.35. The number of hydrogen-bond acceptors (Lipinski definition) is 4. The molecule has 0 aromatic heterocycles. The van der Waals surface area contributed by atoms with Crippen molar-refractivity contribution in [2.45, 2.75) is 17.6 Å². The first-order chi connectivity index (χ1) is 16.6. The molecular formula is C24H22Cl4N2O3S2. The van der Waals surface area contributed by atoms with E-state index < -0.39 is 22.5 Å². The quantitative estimate of drug-likeness (QED) is 0.262. The molecule has 3 aromatic carbocycles. The first-order valence-electron chi connectivity index (χ1n) is 10.4. The van der Waals surface area contributed by atoms with Gasteiger partial charge in [-0.3, -0.25) is 9.10 Å². The van der Waals surface area contributed by atoms with Crippen LogP contribution in [0.3, 0.4) is 0 Å². The minimum absolute atomic E-state index is 0.0455. The van der Waals surface area contributed by atoms with Gasteiger partial charge < -0.3 is 5.32 Å². The van der Waals surface area contributed by atoms with Gasteiger partial charge in [-0.05, 0) is 48.9 Å². The fraction of sp³-hybridized carbons (Fsp3) is 0.208. The lowest BCUT2D eigenvalue weighted by molar-refractivity contribution is -0.119. The van der Waals surface area contributed by atoms with Crippen LogP contribution in [0.15, 0.2) is 65.6 Å². The fourth-order valence-electron chi connectivity index (χ4n) is 3.09. The van der Waals surface area contributed by atoms with Crippen LogP contribution in [0.4, 0.5) is 5.69 Å². The number of aryl methyl sites for hydroxylation is 1. The molecule has 3 aromatic rings. The summed E-state index contributed by atoms with van der Waals surface area (Å²) in [6.07, 6.45) is 0. The van der Waals surface area contributed by atoms with Gasteiger partial charge in [-0.2, -0.15) is 11.8 Å². The number of sulfonamides is 1. The third-order valence-corrected chi connectivity index (χ3v) is 9.27. The molecule has 0 radical (unpaired) electrons. The Hall–Kier alpha value is -1.61. The van der Waals surface area contributed by atoms with Crippen LogP contribution in [0, 0.1) is 6.92 Å². The van der Waals surface area contributed by atoms with Gasteiger partial charge in [-0.25, -0.2) is 8.42 Å². The molecule has 0 aliphatic carbocycles. The van der Waals surface area contributed by atoms with Crippen molar-refractivity contribution in [3.63, 3.8) is 0 Å². The number of anilines is 1. The predicted molar refractivity (Wildman–Crippen MR) is 148 cm³/mol. The number of carbonyl (C=O) groups excluding carboxylic acids is 1.